The van der Waals surface area contributed by atoms with Crippen molar-refractivity contribution >= 4 is 21.6 Å². The molecular weight excluding hydrogens is 404 g/mol. The van der Waals surface area contributed by atoms with E-state index < -0.39 is 22.0 Å². The first-order valence-corrected chi connectivity index (χ1v) is 11.5. The molecule has 0 aliphatic heterocycles. The second-order valence-corrected chi connectivity index (χ2v) is 9.28. The number of rotatable bonds is 9. The van der Waals surface area contributed by atoms with Crippen molar-refractivity contribution in [2.75, 3.05) is 24.3 Å². The van der Waals surface area contributed by atoms with Gasteiger partial charge >= 0.3 is 0 Å². The van der Waals surface area contributed by atoms with Crippen LogP contribution in [0.4, 0.5) is 5.69 Å². The fourth-order valence-corrected chi connectivity index (χ4v) is 4.26. The quantitative estimate of drug-likeness (QED) is 0.656. The fourth-order valence-electron chi connectivity index (χ4n) is 3.04. The van der Waals surface area contributed by atoms with Crippen LogP contribution in [0.25, 0.3) is 0 Å². The summed E-state index contributed by atoms with van der Waals surface area (Å²) in [5, 5.41) is 2.83. The number of carbonyl (C=O) groups excluding carboxylic acids is 1. The van der Waals surface area contributed by atoms with E-state index in [9.17, 15) is 13.2 Å². The monoisotopic (exact) mass is 434 g/mol. The topological polar surface area (TPSA) is 84.9 Å². The largest absolute Gasteiger partial charge is 0.497 e. The Labute approximate surface area is 179 Å². The first-order chi connectivity index (χ1) is 14.0. The van der Waals surface area contributed by atoms with E-state index in [-0.39, 0.29) is 12.6 Å². The smallest absolute Gasteiger partial charge is 0.243 e. The van der Waals surface area contributed by atoms with Crippen LogP contribution in [0.3, 0.4) is 0 Å². The summed E-state index contributed by atoms with van der Waals surface area (Å²) in [6.45, 7) is 7.33. The zero-order valence-electron chi connectivity index (χ0n) is 18.3. The molecule has 0 heterocycles. The lowest BCUT2D eigenvalue weighted by Crippen LogP contribution is -2.51. The molecule has 30 heavy (non-hydrogen) atoms. The molecule has 0 unspecified atom stereocenters. The van der Waals surface area contributed by atoms with Gasteiger partial charge in [0, 0.05) is 0 Å². The maximum atomic E-state index is 12.8. The first-order valence-electron chi connectivity index (χ1n) is 9.66. The molecule has 0 bridgehead atoms. The number of ether oxygens (including phenoxy) is 2. The number of hydrogen-bond acceptors (Lipinski definition) is 5. The van der Waals surface area contributed by atoms with Gasteiger partial charge in [0.1, 0.15) is 24.1 Å². The van der Waals surface area contributed by atoms with Crippen LogP contribution >= 0.6 is 0 Å². The molecule has 0 saturated carbocycles. The molecule has 0 fully saturated rings. The van der Waals surface area contributed by atoms with Crippen molar-refractivity contribution in [3.8, 4) is 11.5 Å². The number of carbonyl (C=O) groups is 1. The summed E-state index contributed by atoms with van der Waals surface area (Å²) in [6, 6.07) is 11.4. The summed E-state index contributed by atoms with van der Waals surface area (Å²) in [5.41, 5.74) is 2.20. The standard InChI is InChI=1S/C22H30N2O5S/c1-15-7-8-16(2)21(13-15)24(30(6,26)27)18(4)22(25)23-17(3)14-29-20-11-9-19(28-5)10-12-20/h7-13,17-18H,14H2,1-6H3,(H,23,25)/t17-,18+/m1/s1. The van der Waals surface area contributed by atoms with E-state index >= 15 is 0 Å². The number of sulfonamides is 1. The van der Waals surface area contributed by atoms with Crippen LogP contribution in [0.15, 0.2) is 42.5 Å². The zero-order chi connectivity index (χ0) is 22.5. The molecule has 7 nitrogen and oxygen atoms in total. The van der Waals surface area contributed by atoms with Crippen molar-refractivity contribution in [3.63, 3.8) is 0 Å². The van der Waals surface area contributed by atoms with Gasteiger partial charge in [-0.1, -0.05) is 12.1 Å². The third-order valence-electron chi connectivity index (χ3n) is 4.64. The van der Waals surface area contributed by atoms with Crippen LogP contribution < -0.4 is 19.1 Å². The van der Waals surface area contributed by atoms with Crippen LogP contribution in [0.1, 0.15) is 25.0 Å². The Balaban J connectivity index is 2.08. The maximum absolute atomic E-state index is 12.8. The van der Waals surface area contributed by atoms with Crippen LogP contribution in [0.5, 0.6) is 11.5 Å². The molecule has 0 radical (unpaired) electrons. The minimum absolute atomic E-state index is 0.243. The summed E-state index contributed by atoms with van der Waals surface area (Å²) < 4.78 is 37.0. The number of aryl methyl sites for hydroxylation is 2. The lowest BCUT2D eigenvalue weighted by molar-refractivity contribution is -0.122. The summed E-state index contributed by atoms with van der Waals surface area (Å²) in [5.74, 6) is 0.982. The summed E-state index contributed by atoms with van der Waals surface area (Å²) in [6.07, 6.45) is 1.11. The SMILES string of the molecule is COc1ccc(OC[C@@H](C)NC(=O)[C@H](C)N(c2cc(C)ccc2C)S(C)(=O)=O)cc1. The Hall–Kier alpha value is -2.74. The normalized spacial score (nSPS) is 13.3. The van der Waals surface area contributed by atoms with Gasteiger partial charge < -0.3 is 14.8 Å². The molecule has 1 N–H and O–H groups in total. The van der Waals surface area contributed by atoms with Gasteiger partial charge in [-0.25, -0.2) is 8.42 Å². The minimum atomic E-state index is -3.67. The number of benzene rings is 2. The van der Waals surface area contributed by atoms with Gasteiger partial charge in [0.25, 0.3) is 0 Å². The lowest BCUT2D eigenvalue weighted by Gasteiger charge is -2.30. The van der Waals surface area contributed by atoms with E-state index in [2.05, 4.69) is 5.32 Å². The van der Waals surface area contributed by atoms with Crippen molar-refractivity contribution < 1.29 is 22.7 Å². The van der Waals surface area contributed by atoms with E-state index in [0.29, 0.717) is 11.4 Å². The highest BCUT2D eigenvalue weighted by atomic mass is 32.2. The lowest BCUT2D eigenvalue weighted by atomic mass is 10.1. The van der Waals surface area contributed by atoms with Crippen molar-refractivity contribution in [1.82, 2.24) is 5.32 Å². The van der Waals surface area contributed by atoms with E-state index in [1.165, 1.54) is 4.31 Å². The average molecular weight is 435 g/mol. The Morgan fingerprint density at radius 1 is 1.07 bits per heavy atom. The molecule has 164 valence electrons. The fraction of sp³-hybridized carbons (Fsp3) is 0.409. The predicted octanol–water partition coefficient (Wildman–Crippen LogP) is 3.05. The molecule has 2 aromatic rings. The molecule has 2 aromatic carbocycles. The number of anilines is 1. The minimum Gasteiger partial charge on any atom is -0.497 e. The molecule has 2 atom stereocenters. The zero-order valence-corrected chi connectivity index (χ0v) is 19.1. The predicted molar refractivity (Wildman–Crippen MR) is 119 cm³/mol. The Morgan fingerprint density at radius 2 is 1.67 bits per heavy atom. The summed E-state index contributed by atoms with van der Waals surface area (Å²) in [4.78, 5) is 12.8. The Morgan fingerprint density at radius 3 is 2.23 bits per heavy atom. The highest BCUT2D eigenvalue weighted by molar-refractivity contribution is 7.92. The van der Waals surface area contributed by atoms with Crippen molar-refractivity contribution in [2.24, 2.45) is 0 Å². The summed E-state index contributed by atoms with van der Waals surface area (Å²) in [7, 11) is -2.08. The van der Waals surface area contributed by atoms with E-state index in [4.69, 9.17) is 9.47 Å². The third-order valence-corrected chi connectivity index (χ3v) is 5.87. The van der Waals surface area contributed by atoms with Gasteiger partial charge in [0.15, 0.2) is 0 Å². The molecule has 0 spiro atoms. The molecule has 0 saturated heterocycles. The first kappa shape index (κ1) is 23.5. The summed E-state index contributed by atoms with van der Waals surface area (Å²) >= 11 is 0. The highest BCUT2D eigenvalue weighted by Crippen LogP contribution is 2.26. The molecular formula is C22H30N2O5S. The maximum Gasteiger partial charge on any atom is 0.243 e. The number of methoxy groups -OCH3 is 1. The van der Waals surface area contributed by atoms with Crippen molar-refractivity contribution in [2.45, 2.75) is 39.8 Å². The number of nitrogens with one attached hydrogen (secondary N) is 1. The van der Waals surface area contributed by atoms with E-state index in [0.717, 1.165) is 23.1 Å². The van der Waals surface area contributed by atoms with Gasteiger partial charge in [-0.2, -0.15) is 0 Å². The van der Waals surface area contributed by atoms with Crippen LogP contribution in [-0.2, 0) is 14.8 Å². The molecule has 1 amide bonds. The van der Waals surface area contributed by atoms with Crippen LogP contribution in [-0.4, -0.2) is 46.4 Å². The van der Waals surface area contributed by atoms with Crippen molar-refractivity contribution in [1.29, 1.82) is 0 Å². The van der Waals surface area contributed by atoms with Crippen molar-refractivity contribution in [3.05, 3.63) is 53.6 Å². The van der Waals surface area contributed by atoms with Gasteiger partial charge in [-0.3, -0.25) is 9.10 Å². The number of nitrogens with zero attached hydrogens (tertiary/aromatic N) is 1. The van der Waals surface area contributed by atoms with Crippen LogP contribution in [0, 0.1) is 13.8 Å². The molecule has 8 heteroatoms. The van der Waals surface area contributed by atoms with Crippen LogP contribution in [0.2, 0.25) is 0 Å². The molecule has 0 aliphatic carbocycles. The van der Waals surface area contributed by atoms with E-state index in [1.54, 1.807) is 51.3 Å². The third kappa shape index (κ3) is 6.13. The molecule has 0 aromatic heterocycles. The number of amides is 1. The second-order valence-electron chi connectivity index (χ2n) is 7.42. The van der Waals surface area contributed by atoms with Gasteiger partial charge in [-0.15, -0.1) is 0 Å². The average Bonchev–Trinajstić information content (AvgIpc) is 2.68. The van der Waals surface area contributed by atoms with Gasteiger partial charge in [0.2, 0.25) is 15.9 Å². The van der Waals surface area contributed by atoms with E-state index in [1.807, 2.05) is 26.0 Å². The van der Waals surface area contributed by atoms with Gasteiger partial charge in [-0.05, 0) is 69.2 Å². The van der Waals surface area contributed by atoms with Gasteiger partial charge in [0.05, 0.1) is 25.1 Å². The molecule has 2 rings (SSSR count). The molecule has 0 aliphatic rings. The Bertz CT molecular complexity index is 974. The second kappa shape index (κ2) is 9.84. The highest BCUT2D eigenvalue weighted by Gasteiger charge is 2.30. The number of hydrogen-bond donors (Lipinski definition) is 1. The Kier molecular flexibility index (Phi) is 7.72.